The van der Waals surface area contributed by atoms with Gasteiger partial charge in [-0.2, -0.15) is 4.31 Å². The Kier molecular flexibility index (Phi) is 6.24. The highest BCUT2D eigenvalue weighted by Crippen LogP contribution is 2.37. The Morgan fingerprint density at radius 1 is 1.10 bits per heavy atom. The van der Waals surface area contributed by atoms with Crippen molar-refractivity contribution in [2.75, 3.05) is 22.0 Å². The van der Waals surface area contributed by atoms with Crippen LogP contribution in [0.3, 0.4) is 0 Å². The second-order valence-corrected chi connectivity index (χ2v) is 10.3. The predicted molar refractivity (Wildman–Crippen MR) is 122 cm³/mol. The molecule has 1 heterocycles. The van der Waals surface area contributed by atoms with Crippen molar-refractivity contribution in [1.29, 1.82) is 0 Å². The average molecular weight is 460 g/mol. The molecule has 2 aromatic rings. The van der Waals surface area contributed by atoms with Gasteiger partial charge in [-0.05, 0) is 49.4 Å². The molecular formula is C22H25N3O4S2. The molecule has 0 radical (unpaired) electrons. The van der Waals surface area contributed by atoms with Gasteiger partial charge in [-0.15, -0.1) is 11.8 Å². The second-order valence-electron chi connectivity index (χ2n) is 7.71. The van der Waals surface area contributed by atoms with Crippen molar-refractivity contribution in [3.63, 3.8) is 0 Å². The first-order valence-corrected chi connectivity index (χ1v) is 13.0. The summed E-state index contributed by atoms with van der Waals surface area (Å²) in [6.45, 7) is -0.236. The molecule has 0 atom stereocenters. The molecule has 1 aliphatic carbocycles. The lowest BCUT2D eigenvalue weighted by atomic mass is 9.95. The van der Waals surface area contributed by atoms with E-state index in [2.05, 4.69) is 5.32 Å². The van der Waals surface area contributed by atoms with E-state index >= 15 is 0 Å². The fourth-order valence-corrected chi connectivity index (χ4v) is 6.15. The molecule has 0 aromatic heterocycles. The molecule has 0 unspecified atom stereocenters. The number of urea groups is 1. The number of nitrogens with zero attached hydrogens (tertiary/aromatic N) is 2. The zero-order chi connectivity index (χ0) is 22.0. The summed E-state index contributed by atoms with van der Waals surface area (Å²) in [5, 5.41) is 3.01. The molecule has 1 fully saturated rings. The van der Waals surface area contributed by atoms with Crippen LogP contribution in [-0.2, 0) is 14.8 Å². The van der Waals surface area contributed by atoms with Crippen LogP contribution >= 0.6 is 11.8 Å². The molecule has 1 aliphatic heterocycles. The number of para-hydroxylation sites is 1. The van der Waals surface area contributed by atoms with E-state index in [1.807, 2.05) is 12.3 Å². The van der Waals surface area contributed by atoms with Crippen molar-refractivity contribution < 1.29 is 18.0 Å². The predicted octanol–water partition coefficient (Wildman–Crippen LogP) is 3.99. The van der Waals surface area contributed by atoms with E-state index in [0.29, 0.717) is 0 Å². The molecule has 9 heteroatoms. The molecule has 7 nitrogen and oxygen atoms in total. The molecule has 0 bridgehead atoms. The summed E-state index contributed by atoms with van der Waals surface area (Å²) in [5.74, 6) is -0.285. The number of carbonyl (C=O) groups is 2. The molecule has 1 N–H and O–H groups in total. The van der Waals surface area contributed by atoms with Gasteiger partial charge in [0.15, 0.2) is 0 Å². The summed E-state index contributed by atoms with van der Waals surface area (Å²) < 4.78 is 27.5. The minimum atomic E-state index is -4.10. The van der Waals surface area contributed by atoms with E-state index < -0.39 is 16.1 Å². The third kappa shape index (κ3) is 4.29. The lowest BCUT2D eigenvalue weighted by Gasteiger charge is -2.36. The fourth-order valence-electron chi connectivity index (χ4n) is 4.11. The van der Waals surface area contributed by atoms with E-state index in [9.17, 15) is 18.0 Å². The number of rotatable bonds is 5. The van der Waals surface area contributed by atoms with Crippen molar-refractivity contribution in [3.8, 4) is 0 Å². The first kappa shape index (κ1) is 21.7. The second kappa shape index (κ2) is 8.92. The lowest BCUT2D eigenvalue weighted by molar-refractivity contribution is -0.120. The van der Waals surface area contributed by atoms with E-state index in [0.717, 1.165) is 34.9 Å². The molecule has 1 saturated carbocycles. The van der Waals surface area contributed by atoms with Gasteiger partial charge in [-0.3, -0.25) is 9.69 Å². The Morgan fingerprint density at radius 2 is 1.84 bits per heavy atom. The van der Waals surface area contributed by atoms with Crippen molar-refractivity contribution in [3.05, 3.63) is 48.5 Å². The van der Waals surface area contributed by atoms with Crippen LogP contribution in [0, 0.1) is 0 Å². The van der Waals surface area contributed by atoms with Crippen molar-refractivity contribution in [1.82, 2.24) is 5.32 Å². The van der Waals surface area contributed by atoms with Crippen molar-refractivity contribution in [2.24, 2.45) is 0 Å². The van der Waals surface area contributed by atoms with Gasteiger partial charge in [-0.1, -0.05) is 37.5 Å². The van der Waals surface area contributed by atoms with Crippen LogP contribution in [0.15, 0.2) is 58.3 Å². The Bertz CT molecular complexity index is 1100. The molecular weight excluding hydrogens is 434 g/mol. The van der Waals surface area contributed by atoms with Gasteiger partial charge in [0.25, 0.3) is 10.0 Å². The molecule has 2 aliphatic rings. The number of sulfonamides is 1. The molecule has 31 heavy (non-hydrogen) atoms. The summed E-state index contributed by atoms with van der Waals surface area (Å²) in [6.07, 6.45) is 7.06. The van der Waals surface area contributed by atoms with Crippen LogP contribution in [0.25, 0.3) is 0 Å². The van der Waals surface area contributed by atoms with Gasteiger partial charge in [0, 0.05) is 10.9 Å². The Hall–Kier alpha value is -2.52. The van der Waals surface area contributed by atoms with Crippen LogP contribution in [0.2, 0.25) is 0 Å². The van der Waals surface area contributed by atoms with Gasteiger partial charge < -0.3 is 5.32 Å². The van der Waals surface area contributed by atoms with Crippen LogP contribution in [0.4, 0.5) is 16.2 Å². The number of amides is 3. The third-order valence-corrected chi connectivity index (χ3v) is 8.11. The molecule has 2 aromatic carbocycles. The van der Waals surface area contributed by atoms with Gasteiger partial charge in [-0.25, -0.2) is 13.2 Å². The number of benzene rings is 2. The number of fused-ring (bicyclic) bond motifs is 1. The van der Waals surface area contributed by atoms with Crippen LogP contribution in [0.5, 0.6) is 0 Å². The summed E-state index contributed by atoms with van der Waals surface area (Å²) in [6, 6.07) is 12.5. The zero-order valence-electron chi connectivity index (χ0n) is 17.3. The summed E-state index contributed by atoms with van der Waals surface area (Å²) in [4.78, 5) is 28.3. The number of thioether (sulfide) groups is 1. The Morgan fingerprint density at radius 3 is 2.58 bits per heavy atom. The number of anilines is 2. The van der Waals surface area contributed by atoms with Crippen LogP contribution < -0.4 is 14.5 Å². The zero-order valence-corrected chi connectivity index (χ0v) is 18.9. The molecule has 4 rings (SSSR count). The molecule has 0 spiro atoms. The summed E-state index contributed by atoms with van der Waals surface area (Å²) in [5.41, 5.74) is 0.479. The maximum Gasteiger partial charge on any atom is 0.343 e. The maximum absolute atomic E-state index is 13.4. The van der Waals surface area contributed by atoms with Crippen LogP contribution in [0.1, 0.15) is 32.1 Å². The standard InChI is InChI=1S/C22H25N3O4S2/c1-30-18-11-7-10-17(14-18)25-22(27)24(15-21(26)23-16-8-3-2-4-9-16)19-12-5-6-13-20(19)31(25,28)29/h5-7,10-14,16H,2-4,8-9,15H2,1H3,(H,23,26). The summed E-state index contributed by atoms with van der Waals surface area (Å²) in [7, 11) is -4.10. The Labute approximate surface area is 186 Å². The van der Waals surface area contributed by atoms with Crippen molar-refractivity contribution in [2.45, 2.75) is 47.9 Å². The Balaban J connectivity index is 1.69. The highest BCUT2D eigenvalue weighted by Gasteiger charge is 2.43. The quantitative estimate of drug-likeness (QED) is 0.683. The van der Waals surface area contributed by atoms with E-state index in [-0.39, 0.29) is 34.8 Å². The van der Waals surface area contributed by atoms with E-state index in [1.165, 1.54) is 29.1 Å². The molecule has 0 saturated heterocycles. The van der Waals surface area contributed by atoms with E-state index in [1.54, 1.807) is 36.4 Å². The summed E-state index contributed by atoms with van der Waals surface area (Å²) >= 11 is 1.45. The third-order valence-electron chi connectivity index (χ3n) is 5.64. The van der Waals surface area contributed by atoms with Gasteiger partial charge in [0.2, 0.25) is 5.91 Å². The highest BCUT2D eigenvalue weighted by atomic mass is 32.2. The van der Waals surface area contributed by atoms with Gasteiger partial charge in [0.05, 0.1) is 11.4 Å². The molecule has 164 valence electrons. The molecule has 3 amide bonds. The first-order valence-electron chi connectivity index (χ1n) is 10.3. The van der Waals surface area contributed by atoms with Crippen LogP contribution in [-0.4, -0.2) is 39.2 Å². The minimum absolute atomic E-state index is 0.00891. The van der Waals surface area contributed by atoms with E-state index in [4.69, 9.17) is 0 Å². The highest BCUT2D eigenvalue weighted by molar-refractivity contribution is 7.98. The number of hydrogen-bond donors (Lipinski definition) is 1. The number of hydrogen-bond acceptors (Lipinski definition) is 5. The first-order chi connectivity index (χ1) is 14.9. The van der Waals surface area contributed by atoms with Gasteiger partial charge in [0.1, 0.15) is 11.4 Å². The maximum atomic E-state index is 13.4. The number of carbonyl (C=O) groups excluding carboxylic acids is 2. The average Bonchev–Trinajstić information content (AvgIpc) is 2.77. The minimum Gasteiger partial charge on any atom is -0.352 e. The normalized spacial score (nSPS) is 18.5. The van der Waals surface area contributed by atoms with Crippen molar-refractivity contribution >= 4 is 45.1 Å². The monoisotopic (exact) mass is 459 g/mol. The lowest BCUT2D eigenvalue weighted by Crippen LogP contribution is -2.54. The largest absolute Gasteiger partial charge is 0.352 e. The smallest absolute Gasteiger partial charge is 0.343 e. The SMILES string of the molecule is CSc1cccc(N2C(=O)N(CC(=O)NC3CCCCC3)c3ccccc3S2(=O)=O)c1. The topological polar surface area (TPSA) is 86.8 Å². The fraction of sp³-hybridized carbons (Fsp3) is 0.364. The van der Waals surface area contributed by atoms with Gasteiger partial charge >= 0.3 is 6.03 Å². The number of nitrogens with one attached hydrogen (secondary N) is 1.